The summed E-state index contributed by atoms with van der Waals surface area (Å²) in [6, 6.07) is 0.561. The fourth-order valence-corrected chi connectivity index (χ4v) is 2.17. The van der Waals surface area contributed by atoms with E-state index in [0.717, 1.165) is 12.3 Å². The van der Waals surface area contributed by atoms with Crippen LogP contribution in [0.5, 0.6) is 0 Å². The third-order valence-corrected chi connectivity index (χ3v) is 4.07. The van der Waals surface area contributed by atoms with Gasteiger partial charge in [0.25, 0.3) is 0 Å². The van der Waals surface area contributed by atoms with Gasteiger partial charge in [-0.25, -0.2) is 0 Å². The van der Waals surface area contributed by atoms with Crippen LogP contribution in [0.1, 0.15) is 34.1 Å². The van der Waals surface area contributed by atoms with E-state index < -0.39 is 0 Å². The second-order valence-electron chi connectivity index (χ2n) is 4.07. The van der Waals surface area contributed by atoms with E-state index in [2.05, 4.69) is 33.0 Å². The molecule has 2 nitrogen and oxygen atoms in total. The fraction of sp³-hybridized carbons (Fsp3) is 1.00. The lowest BCUT2D eigenvalue weighted by Crippen LogP contribution is -2.34. The number of aliphatic hydroxyl groups is 1. The Hall–Kier alpha value is 0.270. The van der Waals surface area contributed by atoms with E-state index in [0.29, 0.717) is 23.8 Å². The molecule has 3 heteroatoms. The fourth-order valence-electron chi connectivity index (χ4n) is 1.05. The molecule has 0 aromatic rings. The van der Waals surface area contributed by atoms with Gasteiger partial charge in [-0.15, -0.1) is 0 Å². The average Bonchev–Trinajstić information content (AvgIpc) is 2.21. The van der Waals surface area contributed by atoms with Crippen molar-refractivity contribution in [1.29, 1.82) is 0 Å². The topological polar surface area (TPSA) is 32.3 Å². The zero-order chi connectivity index (χ0) is 11.0. The first-order valence-corrected chi connectivity index (χ1v) is 6.62. The molecule has 0 saturated heterocycles. The molecule has 0 spiro atoms. The van der Waals surface area contributed by atoms with E-state index >= 15 is 0 Å². The monoisotopic (exact) mass is 219 g/mol. The molecule has 0 aliphatic carbocycles. The zero-order valence-corrected chi connectivity index (χ0v) is 10.7. The van der Waals surface area contributed by atoms with Gasteiger partial charge in [-0.2, -0.15) is 11.8 Å². The average molecular weight is 219 g/mol. The molecule has 0 bridgehead atoms. The Morgan fingerprint density at radius 1 is 1.29 bits per heavy atom. The van der Waals surface area contributed by atoms with Crippen LogP contribution in [-0.4, -0.2) is 35.3 Å². The first-order valence-electron chi connectivity index (χ1n) is 5.57. The van der Waals surface area contributed by atoms with Gasteiger partial charge in [0.15, 0.2) is 0 Å². The highest BCUT2D eigenvalue weighted by Crippen LogP contribution is 2.17. The van der Waals surface area contributed by atoms with Crippen LogP contribution in [0.25, 0.3) is 0 Å². The third-order valence-electron chi connectivity index (χ3n) is 2.38. The lowest BCUT2D eigenvalue weighted by Gasteiger charge is -2.21. The molecular formula is C11H25NOS. The molecule has 3 atom stereocenters. The first kappa shape index (κ1) is 14.3. The highest BCUT2D eigenvalue weighted by Gasteiger charge is 2.12. The molecule has 0 aliphatic heterocycles. The summed E-state index contributed by atoms with van der Waals surface area (Å²) in [5, 5.41) is 13.0. The molecule has 0 aromatic heterocycles. The summed E-state index contributed by atoms with van der Waals surface area (Å²) in [7, 11) is 0. The number of aliphatic hydroxyl groups excluding tert-OH is 1. The van der Waals surface area contributed by atoms with Crippen molar-refractivity contribution in [3.63, 3.8) is 0 Å². The number of nitrogens with one attached hydrogen (secondary N) is 1. The SMILES string of the molecule is CCCNC(C)C(C)SCC(C)CO. The summed E-state index contributed by atoms with van der Waals surface area (Å²) >= 11 is 1.95. The maximum absolute atomic E-state index is 8.90. The van der Waals surface area contributed by atoms with Gasteiger partial charge in [-0.1, -0.05) is 20.8 Å². The molecule has 0 heterocycles. The molecule has 0 saturated carbocycles. The molecule has 0 fully saturated rings. The van der Waals surface area contributed by atoms with Crippen molar-refractivity contribution < 1.29 is 5.11 Å². The van der Waals surface area contributed by atoms with Crippen LogP contribution in [0.4, 0.5) is 0 Å². The maximum Gasteiger partial charge on any atom is 0.0464 e. The Balaban J connectivity index is 3.55. The Morgan fingerprint density at radius 3 is 2.43 bits per heavy atom. The van der Waals surface area contributed by atoms with Crippen LogP contribution < -0.4 is 5.32 Å². The normalized spacial score (nSPS) is 17.8. The van der Waals surface area contributed by atoms with Gasteiger partial charge in [0, 0.05) is 17.9 Å². The highest BCUT2D eigenvalue weighted by molar-refractivity contribution is 7.99. The van der Waals surface area contributed by atoms with Crippen molar-refractivity contribution in [2.45, 2.75) is 45.4 Å². The van der Waals surface area contributed by atoms with Gasteiger partial charge in [0.1, 0.15) is 0 Å². The molecule has 2 N–H and O–H groups in total. The van der Waals surface area contributed by atoms with E-state index in [-0.39, 0.29) is 0 Å². The molecule has 14 heavy (non-hydrogen) atoms. The Kier molecular flexibility index (Phi) is 8.73. The second-order valence-corrected chi connectivity index (χ2v) is 5.48. The van der Waals surface area contributed by atoms with Crippen molar-refractivity contribution >= 4 is 11.8 Å². The van der Waals surface area contributed by atoms with Gasteiger partial charge in [-0.05, 0) is 31.6 Å². The molecular weight excluding hydrogens is 194 g/mol. The van der Waals surface area contributed by atoms with Crippen LogP contribution in [0.2, 0.25) is 0 Å². The van der Waals surface area contributed by atoms with Crippen molar-refractivity contribution in [3.05, 3.63) is 0 Å². The predicted octanol–water partition coefficient (Wildman–Crippen LogP) is 2.12. The summed E-state index contributed by atoms with van der Waals surface area (Å²) in [4.78, 5) is 0. The Labute approximate surface area is 92.9 Å². The summed E-state index contributed by atoms with van der Waals surface area (Å²) in [6.07, 6.45) is 1.19. The van der Waals surface area contributed by atoms with Crippen LogP contribution in [-0.2, 0) is 0 Å². The first-order chi connectivity index (χ1) is 6.61. The molecule has 86 valence electrons. The molecule has 0 radical (unpaired) electrons. The minimum absolute atomic E-state index is 0.302. The molecule has 0 aromatic carbocycles. The minimum atomic E-state index is 0.302. The van der Waals surface area contributed by atoms with Crippen molar-refractivity contribution in [1.82, 2.24) is 5.32 Å². The zero-order valence-electron chi connectivity index (χ0n) is 9.92. The van der Waals surface area contributed by atoms with Crippen molar-refractivity contribution in [3.8, 4) is 0 Å². The van der Waals surface area contributed by atoms with Gasteiger partial charge >= 0.3 is 0 Å². The van der Waals surface area contributed by atoms with Gasteiger partial charge in [0.05, 0.1) is 0 Å². The van der Waals surface area contributed by atoms with Gasteiger partial charge < -0.3 is 10.4 Å². The summed E-state index contributed by atoms with van der Waals surface area (Å²) < 4.78 is 0. The van der Waals surface area contributed by atoms with E-state index in [4.69, 9.17) is 5.11 Å². The lowest BCUT2D eigenvalue weighted by atomic mass is 10.2. The molecule has 3 unspecified atom stereocenters. The molecule has 0 aliphatic rings. The van der Waals surface area contributed by atoms with E-state index in [1.54, 1.807) is 0 Å². The van der Waals surface area contributed by atoms with E-state index in [1.165, 1.54) is 6.42 Å². The summed E-state index contributed by atoms with van der Waals surface area (Å²) in [5.41, 5.74) is 0. The second kappa shape index (κ2) is 8.57. The Bertz CT molecular complexity index is 132. The lowest BCUT2D eigenvalue weighted by molar-refractivity contribution is 0.250. The smallest absolute Gasteiger partial charge is 0.0464 e. The number of hydrogen-bond donors (Lipinski definition) is 2. The van der Waals surface area contributed by atoms with E-state index in [1.807, 2.05) is 11.8 Å². The molecule has 0 rings (SSSR count). The summed E-state index contributed by atoms with van der Waals surface area (Å²) in [5.74, 6) is 1.47. The number of hydrogen-bond acceptors (Lipinski definition) is 3. The Morgan fingerprint density at radius 2 is 1.93 bits per heavy atom. The van der Waals surface area contributed by atoms with Crippen molar-refractivity contribution in [2.24, 2.45) is 5.92 Å². The van der Waals surface area contributed by atoms with Gasteiger partial charge in [0.2, 0.25) is 0 Å². The van der Waals surface area contributed by atoms with Crippen LogP contribution >= 0.6 is 11.8 Å². The van der Waals surface area contributed by atoms with Crippen molar-refractivity contribution in [2.75, 3.05) is 18.9 Å². The maximum atomic E-state index is 8.90. The number of thioether (sulfide) groups is 1. The van der Waals surface area contributed by atoms with Gasteiger partial charge in [-0.3, -0.25) is 0 Å². The van der Waals surface area contributed by atoms with Crippen LogP contribution in [0.15, 0.2) is 0 Å². The largest absolute Gasteiger partial charge is 0.396 e. The predicted molar refractivity (Wildman–Crippen MR) is 65.9 cm³/mol. The van der Waals surface area contributed by atoms with Crippen LogP contribution in [0.3, 0.4) is 0 Å². The number of rotatable bonds is 8. The highest BCUT2D eigenvalue weighted by atomic mass is 32.2. The third kappa shape index (κ3) is 6.68. The standard InChI is InChI=1S/C11H25NOS/c1-5-6-12-10(3)11(4)14-8-9(2)7-13/h9-13H,5-8H2,1-4H3. The summed E-state index contributed by atoms with van der Waals surface area (Å²) in [6.45, 7) is 10.2. The van der Waals surface area contributed by atoms with E-state index in [9.17, 15) is 0 Å². The molecule has 0 amide bonds. The van der Waals surface area contributed by atoms with Crippen LogP contribution in [0, 0.1) is 5.92 Å². The quantitative estimate of drug-likeness (QED) is 0.656. The minimum Gasteiger partial charge on any atom is -0.396 e.